The van der Waals surface area contributed by atoms with Crippen LogP contribution >= 0.6 is 0 Å². The zero-order valence-electron chi connectivity index (χ0n) is 10.8. The van der Waals surface area contributed by atoms with E-state index in [1.807, 2.05) is 26.0 Å². The van der Waals surface area contributed by atoms with E-state index in [4.69, 9.17) is 10.6 Å². The summed E-state index contributed by atoms with van der Waals surface area (Å²) in [6, 6.07) is 10.1. The normalized spacial score (nSPS) is 14.6. The molecule has 2 rings (SSSR count). The van der Waals surface area contributed by atoms with Crippen LogP contribution in [0.4, 0.5) is 0 Å². The lowest BCUT2D eigenvalue weighted by atomic mass is 10.0. The third-order valence-corrected chi connectivity index (χ3v) is 3.07. The number of hydrogen-bond acceptors (Lipinski definition) is 4. The Morgan fingerprint density at radius 1 is 1.39 bits per heavy atom. The fourth-order valence-corrected chi connectivity index (χ4v) is 2.14. The standard InChI is InChI=1S/C14H19N3O/c1-3-18-10(2)14(17-15)12-7-6-11-5-4-8-16-13(11)9-12/h4-10,14,17H,3,15H2,1-2H3. The van der Waals surface area contributed by atoms with Crippen LogP contribution in [0.15, 0.2) is 36.5 Å². The van der Waals surface area contributed by atoms with Crippen LogP contribution in [0.2, 0.25) is 0 Å². The quantitative estimate of drug-likeness (QED) is 0.626. The number of aromatic nitrogens is 1. The second kappa shape index (κ2) is 5.91. The molecular weight excluding hydrogens is 226 g/mol. The second-order valence-corrected chi connectivity index (χ2v) is 4.26. The maximum atomic E-state index is 5.63. The largest absolute Gasteiger partial charge is 0.377 e. The molecule has 0 aliphatic heterocycles. The summed E-state index contributed by atoms with van der Waals surface area (Å²) in [4.78, 5) is 4.35. The average Bonchev–Trinajstić information content (AvgIpc) is 2.40. The van der Waals surface area contributed by atoms with Crippen LogP contribution in [-0.2, 0) is 4.74 Å². The van der Waals surface area contributed by atoms with Crippen molar-refractivity contribution in [1.82, 2.24) is 10.4 Å². The van der Waals surface area contributed by atoms with Gasteiger partial charge in [-0.1, -0.05) is 18.2 Å². The number of nitrogens with one attached hydrogen (secondary N) is 1. The van der Waals surface area contributed by atoms with E-state index >= 15 is 0 Å². The van der Waals surface area contributed by atoms with Gasteiger partial charge in [0, 0.05) is 18.2 Å². The Balaban J connectivity index is 2.33. The van der Waals surface area contributed by atoms with Gasteiger partial charge in [-0.05, 0) is 31.5 Å². The van der Waals surface area contributed by atoms with Crippen LogP contribution < -0.4 is 11.3 Å². The van der Waals surface area contributed by atoms with Crippen LogP contribution in [0.3, 0.4) is 0 Å². The molecule has 4 nitrogen and oxygen atoms in total. The first-order valence-corrected chi connectivity index (χ1v) is 6.18. The minimum absolute atomic E-state index is 0.0150. The fraction of sp³-hybridized carbons (Fsp3) is 0.357. The van der Waals surface area contributed by atoms with Gasteiger partial charge >= 0.3 is 0 Å². The van der Waals surface area contributed by atoms with E-state index in [9.17, 15) is 0 Å². The molecule has 0 saturated heterocycles. The first-order valence-electron chi connectivity index (χ1n) is 6.18. The molecule has 1 aromatic carbocycles. The van der Waals surface area contributed by atoms with Gasteiger partial charge < -0.3 is 4.74 Å². The molecule has 0 aliphatic rings. The molecule has 1 heterocycles. The summed E-state index contributed by atoms with van der Waals surface area (Å²) in [6.45, 7) is 4.66. The van der Waals surface area contributed by atoms with Crippen LogP contribution in [-0.4, -0.2) is 17.7 Å². The average molecular weight is 245 g/mol. The molecule has 0 aliphatic carbocycles. The smallest absolute Gasteiger partial charge is 0.0754 e. The Labute approximate surface area is 107 Å². The van der Waals surface area contributed by atoms with Crippen molar-refractivity contribution in [2.75, 3.05) is 6.61 Å². The number of nitrogens with two attached hydrogens (primary N) is 1. The Morgan fingerprint density at radius 2 is 2.22 bits per heavy atom. The Bertz CT molecular complexity index is 515. The SMILES string of the molecule is CCOC(C)C(NN)c1ccc2cccnc2c1. The van der Waals surface area contributed by atoms with Crippen molar-refractivity contribution in [3.8, 4) is 0 Å². The summed E-state index contributed by atoms with van der Waals surface area (Å²) < 4.78 is 5.60. The van der Waals surface area contributed by atoms with E-state index in [0.717, 1.165) is 16.5 Å². The van der Waals surface area contributed by atoms with Crippen molar-refractivity contribution in [3.05, 3.63) is 42.1 Å². The van der Waals surface area contributed by atoms with Crippen molar-refractivity contribution < 1.29 is 4.74 Å². The lowest BCUT2D eigenvalue weighted by molar-refractivity contribution is 0.0473. The number of nitrogens with zero attached hydrogens (tertiary/aromatic N) is 1. The predicted molar refractivity (Wildman–Crippen MR) is 72.9 cm³/mol. The first kappa shape index (κ1) is 13.0. The number of fused-ring (bicyclic) bond motifs is 1. The van der Waals surface area contributed by atoms with Crippen LogP contribution in [0.1, 0.15) is 25.5 Å². The van der Waals surface area contributed by atoms with Gasteiger partial charge in [0.25, 0.3) is 0 Å². The molecule has 0 bridgehead atoms. The van der Waals surface area contributed by atoms with Gasteiger partial charge in [0.2, 0.25) is 0 Å². The van der Waals surface area contributed by atoms with Crippen molar-refractivity contribution in [2.24, 2.45) is 5.84 Å². The summed E-state index contributed by atoms with van der Waals surface area (Å²) >= 11 is 0. The first-order chi connectivity index (χ1) is 8.76. The molecule has 96 valence electrons. The lowest BCUT2D eigenvalue weighted by Crippen LogP contribution is -2.36. The predicted octanol–water partition coefficient (Wildman–Crippen LogP) is 2.16. The zero-order chi connectivity index (χ0) is 13.0. The van der Waals surface area contributed by atoms with Gasteiger partial charge in [-0.2, -0.15) is 0 Å². The van der Waals surface area contributed by atoms with Gasteiger partial charge in [-0.25, -0.2) is 0 Å². The van der Waals surface area contributed by atoms with Gasteiger partial charge in [-0.15, -0.1) is 0 Å². The van der Waals surface area contributed by atoms with Crippen LogP contribution in [0.25, 0.3) is 10.9 Å². The van der Waals surface area contributed by atoms with E-state index in [1.165, 1.54) is 0 Å². The second-order valence-electron chi connectivity index (χ2n) is 4.26. The molecule has 1 aromatic heterocycles. The Morgan fingerprint density at radius 3 is 2.94 bits per heavy atom. The topological polar surface area (TPSA) is 60.2 Å². The molecule has 0 saturated carbocycles. The molecule has 4 heteroatoms. The highest BCUT2D eigenvalue weighted by Crippen LogP contribution is 2.22. The van der Waals surface area contributed by atoms with E-state index in [0.29, 0.717) is 6.61 Å². The number of rotatable bonds is 5. The number of hydrogen-bond donors (Lipinski definition) is 2. The van der Waals surface area contributed by atoms with Gasteiger partial charge in [0.05, 0.1) is 17.7 Å². The number of pyridine rings is 1. The molecule has 2 aromatic rings. The van der Waals surface area contributed by atoms with Crippen molar-refractivity contribution >= 4 is 10.9 Å². The molecule has 0 spiro atoms. The number of hydrazine groups is 1. The molecule has 2 unspecified atom stereocenters. The monoisotopic (exact) mass is 245 g/mol. The summed E-state index contributed by atoms with van der Waals surface area (Å²) in [5.74, 6) is 5.63. The summed E-state index contributed by atoms with van der Waals surface area (Å²) in [5, 5.41) is 1.13. The fourth-order valence-electron chi connectivity index (χ4n) is 2.14. The third-order valence-electron chi connectivity index (χ3n) is 3.07. The molecule has 0 amide bonds. The third kappa shape index (κ3) is 2.67. The zero-order valence-corrected chi connectivity index (χ0v) is 10.8. The molecule has 18 heavy (non-hydrogen) atoms. The highest BCUT2D eigenvalue weighted by atomic mass is 16.5. The number of benzene rings is 1. The van der Waals surface area contributed by atoms with Crippen molar-refractivity contribution in [1.29, 1.82) is 0 Å². The summed E-state index contributed by atoms with van der Waals surface area (Å²) in [6.07, 6.45) is 1.81. The van der Waals surface area contributed by atoms with Crippen molar-refractivity contribution in [3.63, 3.8) is 0 Å². The summed E-state index contributed by atoms with van der Waals surface area (Å²) in [5.41, 5.74) is 4.87. The van der Waals surface area contributed by atoms with Gasteiger partial charge in [0.15, 0.2) is 0 Å². The number of ether oxygens (including phenoxy) is 1. The Hall–Kier alpha value is -1.49. The molecule has 2 atom stereocenters. The molecule has 3 N–H and O–H groups in total. The minimum Gasteiger partial charge on any atom is -0.377 e. The molecule has 0 radical (unpaired) electrons. The minimum atomic E-state index is -0.0312. The van der Waals surface area contributed by atoms with Gasteiger partial charge in [0.1, 0.15) is 0 Å². The maximum absolute atomic E-state index is 5.63. The van der Waals surface area contributed by atoms with Crippen molar-refractivity contribution in [2.45, 2.75) is 26.0 Å². The molecule has 0 fully saturated rings. The summed E-state index contributed by atoms with van der Waals surface area (Å²) in [7, 11) is 0. The van der Waals surface area contributed by atoms with E-state index < -0.39 is 0 Å². The van der Waals surface area contributed by atoms with E-state index in [1.54, 1.807) is 6.20 Å². The van der Waals surface area contributed by atoms with E-state index in [-0.39, 0.29) is 12.1 Å². The van der Waals surface area contributed by atoms with E-state index in [2.05, 4.69) is 28.6 Å². The highest BCUT2D eigenvalue weighted by molar-refractivity contribution is 5.79. The van der Waals surface area contributed by atoms with Crippen LogP contribution in [0, 0.1) is 0 Å². The van der Waals surface area contributed by atoms with Crippen LogP contribution in [0.5, 0.6) is 0 Å². The molecular formula is C14H19N3O. The highest BCUT2D eigenvalue weighted by Gasteiger charge is 2.18. The lowest BCUT2D eigenvalue weighted by Gasteiger charge is -2.23. The Kier molecular flexibility index (Phi) is 4.25. The van der Waals surface area contributed by atoms with Gasteiger partial charge in [-0.3, -0.25) is 16.3 Å². The maximum Gasteiger partial charge on any atom is 0.0754 e.